The van der Waals surface area contributed by atoms with Crippen molar-refractivity contribution in [3.8, 4) is 0 Å². The first-order valence-corrected chi connectivity index (χ1v) is 12.3. The number of amides is 2. The van der Waals surface area contributed by atoms with Crippen molar-refractivity contribution in [2.75, 3.05) is 25.0 Å². The fourth-order valence-electron chi connectivity index (χ4n) is 5.98. The van der Waals surface area contributed by atoms with E-state index in [0.717, 1.165) is 49.2 Å². The molecule has 0 aliphatic carbocycles. The second-order valence-electron chi connectivity index (χ2n) is 9.60. The van der Waals surface area contributed by atoms with Gasteiger partial charge in [-0.2, -0.15) is 0 Å². The zero-order valence-electron chi connectivity index (χ0n) is 19.2. The summed E-state index contributed by atoms with van der Waals surface area (Å²) >= 11 is 0. The van der Waals surface area contributed by atoms with E-state index < -0.39 is 0 Å². The number of anilines is 1. The smallest absolute Gasteiger partial charge is 0.254 e. The Labute approximate surface area is 200 Å². The number of rotatable bonds is 3. The summed E-state index contributed by atoms with van der Waals surface area (Å²) < 4.78 is 0. The highest BCUT2D eigenvalue weighted by molar-refractivity contribution is 5.96. The zero-order chi connectivity index (χ0) is 23.1. The molecule has 0 radical (unpaired) electrons. The van der Waals surface area contributed by atoms with Gasteiger partial charge in [-0.3, -0.25) is 9.59 Å². The fraction of sp³-hybridized carbons (Fsp3) is 0.310. The molecule has 3 aliphatic rings. The lowest BCUT2D eigenvalue weighted by molar-refractivity contribution is 0.0709. The quantitative estimate of drug-likeness (QED) is 0.589. The average Bonchev–Trinajstić information content (AvgIpc) is 3.59. The van der Waals surface area contributed by atoms with Crippen LogP contribution in [0.3, 0.4) is 0 Å². The third-order valence-electron chi connectivity index (χ3n) is 7.63. The summed E-state index contributed by atoms with van der Waals surface area (Å²) in [5.41, 5.74) is 4.74. The summed E-state index contributed by atoms with van der Waals surface area (Å²) in [6, 6.07) is 26.1. The SMILES string of the molecule is O=C(c1ccc2c(c1)C1C(CCN1C(=O)c1ccccc1)C(c1ccccc1)N2)N1CCCC1. The summed E-state index contributed by atoms with van der Waals surface area (Å²) in [4.78, 5) is 30.8. The van der Waals surface area contributed by atoms with Gasteiger partial charge >= 0.3 is 0 Å². The highest BCUT2D eigenvalue weighted by Gasteiger charge is 2.46. The molecule has 2 fully saturated rings. The predicted octanol–water partition coefficient (Wildman–Crippen LogP) is 5.29. The van der Waals surface area contributed by atoms with Crippen LogP contribution < -0.4 is 5.32 Å². The van der Waals surface area contributed by atoms with E-state index in [-0.39, 0.29) is 29.8 Å². The van der Waals surface area contributed by atoms with Gasteiger partial charge in [0.1, 0.15) is 0 Å². The van der Waals surface area contributed by atoms with Gasteiger partial charge < -0.3 is 15.1 Å². The van der Waals surface area contributed by atoms with Crippen molar-refractivity contribution in [1.82, 2.24) is 9.80 Å². The molecule has 0 saturated carbocycles. The second-order valence-corrected chi connectivity index (χ2v) is 9.60. The summed E-state index contributed by atoms with van der Waals surface area (Å²) in [7, 11) is 0. The second kappa shape index (κ2) is 8.64. The molecule has 3 atom stereocenters. The first kappa shape index (κ1) is 21.0. The lowest BCUT2D eigenvalue weighted by Gasteiger charge is -2.40. The van der Waals surface area contributed by atoms with Gasteiger partial charge in [-0.15, -0.1) is 0 Å². The molecular formula is C29H29N3O2. The number of likely N-dealkylation sites (tertiary alicyclic amines) is 2. The van der Waals surface area contributed by atoms with Crippen LogP contribution in [0.5, 0.6) is 0 Å². The van der Waals surface area contributed by atoms with E-state index in [1.807, 2.05) is 64.4 Å². The van der Waals surface area contributed by atoms with E-state index in [1.165, 1.54) is 5.56 Å². The summed E-state index contributed by atoms with van der Waals surface area (Å²) in [5, 5.41) is 3.76. The van der Waals surface area contributed by atoms with Crippen LogP contribution in [-0.4, -0.2) is 41.2 Å². The molecule has 5 heteroatoms. The summed E-state index contributed by atoms with van der Waals surface area (Å²) in [6.07, 6.45) is 3.06. The van der Waals surface area contributed by atoms with Crippen LogP contribution in [0.4, 0.5) is 5.69 Å². The first-order chi connectivity index (χ1) is 16.7. The monoisotopic (exact) mass is 451 g/mol. The van der Waals surface area contributed by atoms with Crippen LogP contribution in [-0.2, 0) is 0 Å². The van der Waals surface area contributed by atoms with Gasteiger partial charge in [-0.1, -0.05) is 48.5 Å². The number of benzene rings is 3. The number of carbonyl (C=O) groups is 2. The Bertz CT molecular complexity index is 1200. The minimum absolute atomic E-state index is 0.0593. The van der Waals surface area contributed by atoms with Crippen LogP contribution in [0.1, 0.15) is 63.2 Å². The van der Waals surface area contributed by atoms with E-state index in [2.05, 4.69) is 29.6 Å². The average molecular weight is 452 g/mol. The van der Waals surface area contributed by atoms with Crippen LogP contribution in [0.15, 0.2) is 78.9 Å². The molecule has 34 heavy (non-hydrogen) atoms. The van der Waals surface area contributed by atoms with E-state index in [4.69, 9.17) is 0 Å². The van der Waals surface area contributed by atoms with Crippen molar-refractivity contribution < 1.29 is 9.59 Å². The van der Waals surface area contributed by atoms with Crippen molar-refractivity contribution in [3.05, 3.63) is 101 Å². The molecule has 2 saturated heterocycles. The van der Waals surface area contributed by atoms with E-state index in [1.54, 1.807) is 0 Å². The molecule has 5 nitrogen and oxygen atoms in total. The normalized spacial score (nSPS) is 23.2. The minimum Gasteiger partial charge on any atom is -0.378 e. The van der Waals surface area contributed by atoms with Gasteiger partial charge in [0, 0.05) is 42.4 Å². The molecule has 3 unspecified atom stereocenters. The number of hydrogen-bond donors (Lipinski definition) is 1. The molecule has 0 aromatic heterocycles. The first-order valence-electron chi connectivity index (χ1n) is 12.3. The molecule has 3 aromatic rings. The number of carbonyl (C=O) groups excluding carboxylic acids is 2. The molecule has 3 aliphatic heterocycles. The van der Waals surface area contributed by atoms with E-state index in [0.29, 0.717) is 12.1 Å². The highest BCUT2D eigenvalue weighted by Crippen LogP contribution is 2.51. The number of fused-ring (bicyclic) bond motifs is 3. The topological polar surface area (TPSA) is 52.7 Å². The number of nitrogens with zero attached hydrogens (tertiary/aromatic N) is 2. The van der Waals surface area contributed by atoms with E-state index >= 15 is 0 Å². The Morgan fingerprint density at radius 3 is 2.21 bits per heavy atom. The van der Waals surface area contributed by atoms with E-state index in [9.17, 15) is 9.59 Å². The molecule has 3 heterocycles. The Morgan fingerprint density at radius 2 is 1.47 bits per heavy atom. The molecule has 6 rings (SSSR count). The third kappa shape index (κ3) is 3.56. The van der Waals surface area contributed by atoms with Crippen molar-refractivity contribution in [3.63, 3.8) is 0 Å². The maximum absolute atomic E-state index is 13.6. The lowest BCUT2D eigenvalue weighted by atomic mass is 9.79. The van der Waals surface area contributed by atoms with Crippen LogP contribution in [0.25, 0.3) is 0 Å². The molecule has 172 valence electrons. The Hall–Kier alpha value is -3.60. The summed E-state index contributed by atoms with van der Waals surface area (Å²) in [5.74, 6) is 0.393. The van der Waals surface area contributed by atoms with Gasteiger partial charge in [-0.25, -0.2) is 0 Å². The van der Waals surface area contributed by atoms with Crippen molar-refractivity contribution in [2.24, 2.45) is 5.92 Å². The standard InChI is InChI=1S/C29H29N3O2/c33-28(31-16-7-8-17-31)22-13-14-25-24(19-22)27-23(26(30-25)20-9-3-1-4-10-20)15-18-32(27)29(34)21-11-5-2-6-12-21/h1-6,9-14,19,23,26-27,30H,7-8,15-18H2. The molecule has 0 spiro atoms. The highest BCUT2D eigenvalue weighted by atomic mass is 16.2. The maximum atomic E-state index is 13.6. The number of nitrogens with one attached hydrogen (secondary N) is 1. The van der Waals surface area contributed by atoms with Crippen LogP contribution in [0.2, 0.25) is 0 Å². The van der Waals surface area contributed by atoms with Crippen molar-refractivity contribution in [1.29, 1.82) is 0 Å². The van der Waals surface area contributed by atoms with Crippen molar-refractivity contribution in [2.45, 2.75) is 31.3 Å². The molecule has 0 bridgehead atoms. The van der Waals surface area contributed by atoms with Gasteiger partial charge in [0.2, 0.25) is 0 Å². The Kier molecular flexibility index (Phi) is 5.33. The van der Waals surface area contributed by atoms with Gasteiger partial charge in [0.05, 0.1) is 12.1 Å². The maximum Gasteiger partial charge on any atom is 0.254 e. The lowest BCUT2D eigenvalue weighted by Crippen LogP contribution is -2.38. The third-order valence-corrected chi connectivity index (χ3v) is 7.63. The Morgan fingerprint density at radius 1 is 0.765 bits per heavy atom. The van der Waals surface area contributed by atoms with Crippen molar-refractivity contribution >= 4 is 17.5 Å². The van der Waals surface area contributed by atoms with Gasteiger partial charge in [0.25, 0.3) is 11.8 Å². The van der Waals surface area contributed by atoms with Gasteiger partial charge in [-0.05, 0) is 60.7 Å². The largest absolute Gasteiger partial charge is 0.378 e. The summed E-state index contributed by atoms with van der Waals surface area (Å²) in [6.45, 7) is 2.36. The minimum atomic E-state index is -0.0690. The fourth-order valence-corrected chi connectivity index (χ4v) is 5.98. The van der Waals surface area contributed by atoms with Gasteiger partial charge in [0.15, 0.2) is 0 Å². The zero-order valence-corrected chi connectivity index (χ0v) is 19.2. The molecule has 2 amide bonds. The molecular weight excluding hydrogens is 422 g/mol. The molecule has 3 aromatic carbocycles. The van der Waals surface area contributed by atoms with Crippen LogP contribution in [0, 0.1) is 5.92 Å². The Balaban J connectivity index is 1.42. The number of hydrogen-bond acceptors (Lipinski definition) is 3. The predicted molar refractivity (Wildman–Crippen MR) is 133 cm³/mol. The molecule has 1 N–H and O–H groups in total. The van der Waals surface area contributed by atoms with Crippen LogP contribution >= 0.6 is 0 Å².